The first-order valence-corrected chi connectivity index (χ1v) is 12.3. The van der Waals surface area contributed by atoms with Gasteiger partial charge in [0.1, 0.15) is 6.61 Å². The predicted molar refractivity (Wildman–Crippen MR) is 135 cm³/mol. The maximum atomic E-state index is 13.4. The van der Waals surface area contributed by atoms with E-state index in [1.54, 1.807) is 19.9 Å². The number of nitro groups is 1. The number of carbonyl (C=O) groups is 4. The fourth-order valence-electron chi connectivity index (χ4n) is 4.48. The van der Waals surface area contributed by atoms with E-state index in [9.17, 15) is 29.3 Å². The molecule has 2 aliphatic rings. The number of rotatable bonds is 11. The smallest absolute Gasteiger partial charge is 0.336 e. The molecule has 0 aromatic heterocycles. The molecule has 0 bridgehead atoms. The van der Waals surface area contributed by atoms with Gasteiger partial charge in [0.25, 0.3) is 5.69 Å². The second-order valence-electron chi connectivity index (χ2n) is 9.19. The number of dihydropyridines is 1. The number of non-ortho nitro benzene ring substituents is 1. The Morgan fingerprint density at radius 3 is 2.39 bits per heavy atom. The zero-order valence-corrected chi connectivity index (χ0v) is 21.9. The molecule has 0 aliphatic carbocycles. The van der Waals surface area contributed by atoms with Gasteiger partial charge in [-0.25, -0.2) is 9.59 Å². The highest BCUT2D eigenvalue weighted by atomic mass is 16.6. The van der Waals surface area contributed by atoms with Crippen molar-refractivity contribution in [1.82, 2.24) is 15.1 Å². The van der Waals surface area contributed by atoms with Crippen molar-refractivity contribution in [3.8, 4) is 0 Å². The second-order valence-corrected chi connectivity index (χ2v) is 9.19. The molecule has 1 atom stereocenters. The van der Waals surface area contributed by atoms with Crippen molar-refractivity contribution in [2.24, 2.45) is 0 Å². The van der Waals surface area contributed by atoms with Crippen LogP contribution in [0.15, 0.2) is 46.8 Å². The number of esters is 2. The normalized spacial score (nSPS) is 17.7. The Morgan fingerprint density at radius 2 is 1.79 bits per heavy atom. The van der Waals surface area contributed by atoms with Crippen molar-refractivity contribution in [1.29, 1.82) is 0 Å². The molecule has 12 heteroatoms. The van der Waals surface area contributed by atoms with E-state index in [0.717, 1.165) is 4.90 Å². The standard InChI is InChI=1S/C26H32N4O8/c1-5-37-26(34)24-19(11-12-28(3)4)27-16(2)22(23(24)17-7-6-8-18(15-17)30(35)36)25(33)38-14-13-29-20(31)9-10-21(29)32/h6-8,15,23,27H,5,9-14H2,1-4H3. The lowest BCUT2D eigenvalue weighted by atomic mass is 9.79. The van der Waals surface area contributed by atoms with E-state index in [2.05, 4.69) is 5.32 Å². The highest BCUT2D eigenvalue weighted by molar-refractivity contribution is 6.02. The summed E-state index contributed by atoms with van der Waals surface area (Å²) < 4.78 is 10.8. The van der Waals surface area contributed by atoms with Crippen LogP contribution in [-0.2, 0) is 28.7 Å². The molecule has 0 saturated carbocycles. The van der Waals surface area contributed by atoms with Gasteiger partial charge in [0.2, 0.25) is 11.8 Å². The number of hydrogen-bond acceptors (Lipinski definition) is 10. The van der Waals surface area contributed by atoms with E-state index >= 15 is 0 Å². The molecule has 3 rings (SSSR count). The summed E-state index contributed by atoms with van der Waals surface area (Å²) in [6.45, 7) is 3.67. The topological polar surface area (TPSA) is 148 Å². The van der Waals surface area contributed by atoms with Crippen molar-refractivity contribution in [2.75, 3.05) is 40.4 Å². The second kappa shape index (κ2) is 12.5. The Hall–Kier alpha value is -4.06. The van der Waals surface area contributed by atoms with Gasteiger partial charge in [0, 0.05) is 49.3 Å². The molecule has 1 N–H and O–H groups in total. The van der Waals surface area contributed by atoms with Crippen LogP contribution in [0.25, 0.3) is 0 Å². The Morgan fingerprint density at radius 1 is 1.13 bits per heavy atom. The maximum Gasteiger partial charge on any atom is 0.336 e. The third kappa shape index (κ3) is 6.43. The van der Waals surface area contributed by atoms with Crippen LogP contribution in [0.2, 0.25) is 0 Å². The minimum absolute atomic E-state index is 0.0840. The zero-order chi connectivity index (χ0) is 28.0. The molecule has 38 heavy (non-hydrogen) atoms. The lowest BCUT2D eigenvalue weighted by molar-refractivity contribution is -0.384. The van der Waals surface area contributed by atoms with Crippen molar-refractivity contribution in [3.63, 3.8) is 0 Å². The Bertz CT molecular complexity index is 1190. The summed E-state index contributed by atoms with van der Waals surface area (Å²) in [5.74, 6) is -3.09. The van der Waals surface area contributed by atoms with Gasteiger partial charge in [0.05, 0.1) is 35.1 Å². The van der Waals surface area contributed by atoms with Gasteiger partial charge in [-0.05, 0) is 33.5 Å². The molecule has 0 radical (unpaired) electrons. The molecular weight excluding hydrogens is 496 g/mol. The van der Waals surface area contributed by atoms with Crippen molar-refractivity contribution in [3.05, 3.63) is 62.5 Å². The van der Waals surface area contributed by atoms with Gasteiger partial charge >= 0.3 is 11.9 Å². The molecule has 1 aromatic rings. The fraction of sp³-hybridized carbons (Fsp3) is 0.462. The molecule has 2 amide bonds. The number of nitro benzene ring substituents is 1. The van der Waals surface area contributed by atoms with E-state index in [1.165, 1.54) is 18.2 Å². The number of nitrogens with one attached hydrogen (secondary N) is 1. The predicted octanol–water partition coefficient (Wildman–Crippen LogP) is 2.02. The van der Waals surface area contributed by atoms with Gasteiger partial charge in [-0.2, -0.15) is 0 Å². The summed E-state index contributed by atoms with van der Waals surface area (Å²) in [7, 11) is 3.76. The number of imide groups is 1. The molecule has 1 saturated heterocycles. The molecule has 1 aromatic carbocycles. The first-order chi connectivity index (χ1) is 18.0. The number of ether oxygens (including phenoxy) is 2. The highest BCUT2D eigenvalue weighted by Crippen LogP contribution is 2.41. The largest absolute Gasteiger partial charge is 0.463 e. The SMILES string of the molecule is CCOC(=O)C1=C(CCN(C)C)NC(C)=C(C(=O)OCCN2C(=O)CCC2=O)C1c1cccc([N+](=O)[O-])c1. The van der Waals surface area contributed by atoms with Crippen LogP contribution in [-0.4, -0.2) is 78.9 Å². The number of likely N-dealkylation sites (tertiary alicyclic amines) is 1. The summed E-state index contributed by atoms with van der Waals surface area (Å²) in [5.41, 5.74) is 1.35. The zero-order valence-electron chi connectivity index (χ0n) is 21.9. The van der Waals surface area contributed by atoms with Crippen LogP contribution in [0.1, 0.15) is 44.6 Å². The lowest BCUT2D eigenvalue weighted by Gasteiger charge is -2.32. The molecule has 0 spiro atoms. The van der Waals surface area contributed by atoms with Crippen molar-refractivity contribution < 1.29 is 33.6 Å². The van der Waals surface area contributed by atoms with Crippen LogP contribution in [0.3, 0.4) is 0 Å². The van der Waals surface area contributed by atoms with Crippen LogP contribution in [0.4, 0.5) is 5.69 Å². The molecule has 1 fully saturated rings. The third-order valence-electron chi connectivity index (χ3n) is 6.29. The average Bonchev–Trinajstić information content (AvgIpc) is 3.19. The summed E-state index contributed by atoms with van der Waals surface area (Å²) >= 11 is 0. The van der Waals surface area contributed by atoms with Crippen LogP contribution >= 0.6 is 0 Å². The Labute approximate surface area is 220 Å². The lowest BCUT2D eigenvalue weighted by Crippen LogP contribution is -2.36. The quantitative estimate of drug-likeness (QED) is 0.196. The summed E-state index contributed by atoms with van der Waals surface area (Å²) in [6, 6.07) is 5.74. The fourth-order valence-corrected chi connectivity index (χ4v) is 4.48. The number of amides is 2. The van der Waals surface area contributed by atoms with Gasteiger partial charge in [-0.3, -0.25) is 24.6 Å². The molecular formula is C26H32N4O8. The summed E-state index contributed by atoms with van der Waals surface area (Å²) in [5, 5.41) is 14.7. The highest BCUT2D eigenvalue weighted by Gasteiger charge is 2.39. The molecule has 12 nitrogen and oxygen atoms in total. The van der Waals surface area contributed by atoms with Gasteiger partial charge in [-0.15, -0.1) is 0 Å². The van der Waals surface area contributed by atoms with Gasteiger partial charge < -0.3 is 19.7 Å². The number of allylic oxidation sites excluding steroid dienone is 1. The summed E-state index contributed by atoms with van der Waals surface area (Å²) in [4.78, 5) is 64.4. The van der Waals surface area contributed by atoms with Crippen molar-refractivity contribution in [2.45, 2.75) is 39.0 Å². The number of carbonyl (C=O) groups excluding carboxylic acids is 4. The van der Waals surface area contributed by atoms with Gasteiger partial charge in [0.15, 0.2) is 0 Å². The third-order valence-corrected chi connectivity index (χ3v) is 6.29. The maximum absolute atomic E-state index is 13.4. The molecule has 2 heterocycles. The Balaban J connectivity index is 2.03. The van der Waals surface area contributed by atoms with E-state index in [4.69, 9.17) is 9.47 Å². The monoisotopic (exact) mass is 528 g/mol. The van der Waals surface area contributed by atoms with E-state index < -0.39 is 22.8 Å². The molecule has 1 unspecified atom stereocenters. The first kappa shape index (κ1) is 28.5. The Kier molecular flexibility index (Phi) is 9.35. The van der Waals surface area contributed by atoms with Crippen LogP contribution in [0.5, 0.6) is 0 Å². The first-order valence-electron chi connectivity index (χ1n) is 12.3. The minimum Gasteiger partial charge on any atom is -0.463 e. The van der Waals surface area contributed by atoms with E-state index in [1.807, 2.05) is 19.0 Å². The number of benzene rings is 1. The van der Waals surface area contributed by atoms with Gasteiger partial charge in [-0.1, -0.05) is 12.1 Å². The summed E-state index contributed by atoms with van der Waals surface area (Å²) in [6.07, 6.45) is 0.671. The van der Waals surface area contributed by atoms with E-state index in [-0.39, 0.29) is 61.2 Å². The number of hydrogen-bond donors (Lipinski definition) is 1. The van der Waals surface area contributed by atoms with Crippen LogP contribution in [0, 0.1) is 10.1 Å². The minimum atomic E-state index is -1.00. The van der Waals surface area contributed by atoms with Crippen molar-refractivity contribution >= 4 is 29.4 Å². The number of nitrogens with zero attached hydrogens (tertiary/aromatic N) is 3. The molecule has 204 valence electrons. The average molecular weight is 529 g/mol. The van der Waals surface area contributed by atoms with E-state index in [0.29, 0.717) is 29.9 Å². The molecule has 2 aliphatic heterocycles. The van der Waals surface area contributed by atoms with Crippen LogP contribution < -0.4 is 5.32 Å².